The second-order valence-corrected chi connectivity index (χ2v) is 8.13. The van der Waals surface area contributed by atoms with Crippen molar-refractivity contribution in [2.45, 2.75) is 19.4 Å². The lowest BCUT2D eigenvalue weighted by Crippen LogP contribution is -2.30. The van der Waals surface area contributed by atoms with Gasteiger partial charge in [-0.15, -0.1) is 0 Å². The van der Waals surface area contributed by atoms with E-state index in [4.69, 9.17) is 10.5 Å². The van der Waals surface area contributed by atoms with Crippen LogP contribution in [0.3, 0.4) is 0 Å². The highest BCUT2D eigenvalue weighted by atomic mass is 16.5. The number of ether oxygens (including phenoxy) is 1. The largest absolute Gasteiger partial charge is 0.497 e. The summed E-state index contributed by atoms with van der Waals surface area (Å²) in [7, 11) is 1.64. The number of carbonyl (C=O) groups is 1. The summed E-state index contributed by atoms with van der Waals surface area (Å²) >= 11 is 0. The Morgan fingerprint density at radius 3 is 2.88 bits per heavy atom. The van der Waals surface area contributed by atoms with E-state index < -0.39 is 0 Å². The van der Waals surface area contributed by atoms with Crippen LogP contribution in [0, 0.1) is 5.92 Å². The predicted molar refractivity (Wildman–Crippen MR) is 126 cm³/mol. The number of carbonyl (C=O) groups excluding carboxylic acids is 1. The highest BCUT2D eigenvalue weighted by Crippen LogP contribution is 2.31. The molecule has 7 heteroatoms. The van der Waals surface area contributed by atoms with Crippen LogP contribution in [0.15, 0.2) is 61.1 Å². The van der Waals surface area contributed by atoms with Crippen LogP contribution in [0.4, 0.5) is 5.69 Å². The molecule has 1 aliphatic rings. The number of benzene rings is 2. The molecule has 0 saturated carbocycles. The van der Waals surface area contributed by atoms with E-state index in [0.29, 0.717) is 18.0 Å². The number of methoxy groups -OCH3 is 1. The smallest absolute Gasteiger partial charge is 0.253 e. The minimum absolute atomic E-state index is 0.110. The molecule has 1 fully saturated rings. The molecule has 2 aromatic carbocycles. The van der Waals surface area contributed by atoms with E-state index in [9.17, 15) is 4.79 Å². The zero-order valence-corrected chi connectivity index (χ0v) is 18.5. The molecule has 0 aliphatic carbocycles. The summed E-state index contributed by atoms with van der Waals surface area (Å²) in [5, 5.41) is 3.14. The normalized spacial score (nSPS) is 16.6. The van der Waals surface area contributed by atoms with E-state index >= 15 is 0 Å². The van der Waals surface area contributed by atoms with E-state index in [0.717, 1.165) is 47.8 Å². The summed E-state index contributed by atoms with van der Waals surface area (Å²) in [6.45, 7) is 4.34. The van der Waals surface area contributed by atoms with Gasteiger partial charge < -0.3 is 20.7 Å². The maximum Gasteiger partial charge on any atom is 0.253 e. The maximum atomic E-state index is 13.3. The second-order valence-electron chi connectivity index (χ2n) is 8.13. The molecule has 1 aromatic heterocycles. The van der Waals surface area contributed by atoms with Crippen molar-refractivity contribution in [2.75, 3.05) is 31.6 Å². The zero-order valence-electron chi connectivity index (χ0n) is 18.5. The molecular weight excluding hydrogens is 402 g/mol. The minimum Gasteiger partial charge on any atom is -0.497 e. The standard InChI is InChI=1S/C25H29N5O2/c1-17(19-4-3-5-21(12-19)32-2)29-25(31)22-7-6-20(23-8-10-27-16-28-23)13-24(22)30-11-9-18(14-26)15-30/h3-8,10,12-13,16-18H,9,11,14-15,26H2,1-2H3,(H,29,31)/t17-,18-/m1/s1. The topological polar surface area (TPSA) is 93.4 Å². The van der Waals surface area contributed by atoms with Crippen molar-refractivity contribution in [1.82, 2.24) is 15.3 Å². The number of nitrogens with one attached hydrogen (secondary N) is 1. The Kier molecular flexibility index (Phi) is 6.66. The van der Waals surface area contributed by atoms with E-state index in [2.05, 4.69) is 20.2 Å². The van der Waals surface area contributed by atoms with Gasteiger partial charge in [0.25, 0.3) is 5.91 Å². The molecule has 4 rings (SSSR count). The molecule has 0 unspecified atom stereocenters. The van der Waals surface area contributed by atoms with Gasteiger partial charge in [0, 0.05) is 24.8 Å². The van der Waals surface area contributed by atoms with Gasteiger partial charge >= 0.3 is 0 Å². The molecule has 0 radical (unpaired) electrons. The molecule has 2 heterocycles. The molecule has 1 aliphatic heterocycles. The first-order valence-electron chi connectivity index (χ1n) is 10.9. The van der Waals surface area contributed by atoms with Crippen LogP contribution in [0.2, 0.25) is 0 Å². The molecule has 3 N–H and O–H groups in total. The van der Waals surface area contributed by atoms with Crippen LogP contribution in [-0.4, -0.2) is 42.6 Å². The first-order valence-corrected chi connectivity index (χ1v) is 10.9. The van der Waals surface area contributed by atoms with E-state index in [1.54, 1.807) is 13.3 Å². The molecule has 0 bridgehead atoms. The predicted octanol–water partition coefficient (Wildman–Crippen LogP) is 3.43. The summed E-state index contributed by atoms with van der Waals surface area (Å²) in [6, 6.07) is 15.3. The molecule has 0 spiro atoms. The van der Waals surface area contributed by atoms with Crippen molar-refractivity contribution >= 4 is 11.6 Å². The molecule has 2 atom stereocenters. The van der Waals surface area contributed by atoms with Crippen molar-refractivity contribution in [2.24, 2.45) is 11.7 Å². The van der Waals surface area contributed by atoms with E-state index in [1.807, 2.05) is 55.5 Å². The number of anilines is 1. The lowest BCUT2D eigenvalue weighted by atomic mass is 10.0. The second kappa shape index (κ2) is 9.78. The molecule has 1 amide bonds. The fraction of sp³-hybridized carbons (Fsp3) is 0.320. The monoisotopic (exact) mass is 431 g/mol. The van der Waals surface area contributed by atoms with Crippen molar-refractivity contribution < 1.29 is 9.53 Å². The minimum atomic E-state index is -0.164. The first kappa shape index (κ1) is 21.8. The zero-order chi connectivity index (χ0) is 22.5. The van der Waals surface area contributed by atoms with E-state index in [1.165, 1.54) is 6.33 Å². The summed E-state index contributed by atoms with van der Waals surface area (Å²) < 4.78 is 5.32. The van der Waals surface area contributed by atoms with Crippen LogP contribution >= 0.6 is 0 Å². The van der Waals surface area contributed by atoms with Crippen LogP contribution < -0.4 is 20.7 Å². The number of aromatic nitrogens is 2. The number of hydrogen-bond acceptors (Lipinski definition) is 6. The van der Waals surface area contributed by atoms with Gasteiger partial charge in [-0.2, -0.15) is 0 Å². The van der Waals surface area contributed by atoms with Gasteiger partial charge in [-0.1, -0.05) is 18.2 Å². The molecular formula is C25H29N5O2. The maximum absolute atomic E-state index is 13.3. The highest BCUT2D eigenvalue weighted by molar-refractivity contribution is 6.01. The van der Waals surface area contributed by atoms with Crippen LogP contribution in [0.25, 0.3) is 11.3 Å². The van der Waals surface area contributed by atoms with Gasteiger partial charge in [0.1, 0.15) is 12.1 Å². The van der Waals surface area contributed by atoms with Gasteiger partial charge in [-0.3, -0.25) is 4.79 Å². The van der Waals surface area contributed by atoms with E-state index in [-0.39, 0.29) is 11.9 Å². The van der Waals surface area contributed by atoms with Gasteiger partial charge in [0.2, 0.25) is 0 Å². The number of amides is 1. The van der Waals surface area contributed by atoms with Crippen LogP contribution in [0.5, 0.6) is 5.75 Å². The molecule has 3 aromatic rings. The van der Waals surface area contributed by atoms with Crippen molar-refractivity contribution in [3.05, 3.63) is 72.2 Å². The average Bonchev–Trinajstić information content (AvgIpc) is 3.33. The number of hydrogen-bond donors (Lipinski definition) is 2. The number of nitrogens with zero attached hydrogens (tertiary/aromatic N) is 3. The van der Waals surface area contributed by atoms with Gasteiger partial charge in [0.05, 0.1) is 30.1 Å². The third-order valence-corrected chi connectivity index (χ3v) is 6.02. The van der Waals surface area contributed by atoms with Crippen LogP contribution in [0.1, 0.15) is 35.3 Å². The lowest BCUT2D eigenvalue weighted by Gasteiger charge is -2.24. The third-order valence-electron chi connectivity index (χ3n) is 6.02. The van der Waals surface area contributed by atoms with Crippen molar-refractivity contribution in [1.29, 1.82) is 0 Å². The summed E-state index contributed by atoms with van der Waals surface area (Å²) in [5.74, 6) is 1.09. The van der Waals surface area contributed by atoms with Crippen molar-refractivity contribution in [3.8, 4) is 17.0 Å². The highest BCUT2D eigenvalue weighted by Gasteiger charge is 2.26. The quantitative estimate of drug-likeness (QED) is 0.595. The Morgan fingerprint density at radius 1 is 1.28 bits per heavy atom. The Bertz CT molecular complexity index is 1070. The van der Waals surface area contributed by atoms with Crippen LogP contribution in [-0.2, 0) is 0 Å². The average molecular weight is 432 g/mol. The Hall–Kier alpha value is -3.45. The van der Waals surface area contributed by atoms with Gasteiger partial charge in [-0.05, 0) is 61.7 Å². The molecule has 1 saturated heterocycles. The Labute approximate surface area is 188 Å². The summed E-state index contributed by atoms with van der Waals surface area (Å²) in [4.78, 5) is 24.0. The Morgan fingerprint density at radius 2 is 2.16 bits per heavy atom. The number of nitrogens with two attached hydrogens (primary N) is 1. The summed E-state index contributed by atoms with van der Waals surface area (Å²) in [5.41, 5.74) is 10.2. The van der Waals surface area contributed by atoms with Gasteiger partial charge in [-0.25, -0.2) is 9.97 Å². The molecule has 32 heavy (non-hydrogen) atoms. The van der Waals surface area contributed by atoms with Crippen molar-refractivity contribution in [3.63, 3.8) is 0 Å². The SMILES string of the molecule is COc1cccc([C@@H](C)NC(=O)c2ccc(-c3ccncn3)cc2N2CC[C@H](CN)C2)c1. The third kappa shape index (κ3) is 4.73. The first-order chi connectivity index (χ1) is 15.6. The summed E-state index contributed by atoms with van der Waals surface area (Å²) in [6.07, 6.45) is 4.28. The fourth-order valence-electron chi connectivity index (χ4n) is 4.12. The number of rotatable bonds is 7. The lowest BCUT2D eigenvalue weighted by molar-refractivity contribution is 0.0940. The molecule has 166 valence electrons. The van der Waals surface area contributed by atoms with Gasteiger partial charge in [0.15, 0.2) is 0 Å². The Balaban J connectivity index is 1.63. The molecule has 7 nitrogen and oxygen atoms in total. The fourth-order valence-corrected chi connectivity index (χ4v) is 4.12.